The van der Waals surface area contributed by atoms with Crippen molar-refractivity contribution in [1.82, 2.24) is 9.97 Å². The summed E-state index contributed by atoms with van der Waals surface area (Å²) >= 11 is 1.77. The predicted molar refractivity (Wildman–Crippen MR) is 134 cm³/mol. The van der Waals surface area contributed by atoms with E-state index in [2.05, 4.69) is 28.4 Å². The lowest BCUT2D eigenvalue weighted by atomic mass is 10.1. The summed E-state index contributed by atoms with van der Waals surface area (Å²) in [5, 5.41) is 9.81. The third-order valence-electron chi connectivity index (χ3n) is 5.95. The average molecular weight is 496 g/mol. The van der Waals surface area contributed by atoms with Crippen LogP contribution >= 0.6 is 11.8 Å². The van der Waals surface area contributed by atoms with Crippen LogP contribution in [0, 0.1) is 5.82 Å². The number of aromatic nitrogens is 2. The number of aliphatic hydroxyl groups excluding tert-OH is 1. The van der Waals surface area contributed by atoms with Crippen molar-refractivity contribution in [2.24, 2.45) is 0 Å². The number of halogens is 1. The standard InChI is InChI=1S/C19H18FN3O4.C7H8S/c20-11-5-12-13(23-17(11)9-1-3-10(21)4-2-9)6-16(22-12)27-15-8-26-18-14(24)7-25-19(15)18;1-8-7-5-3-2-4-6-7/h1-6,14-15,18-19,22,24H,7-8,21H2;2-6H,1H3/t14?,15?,18-,19-;/m1./s1. The molecule has 2 unspecified atom stereocenters. The number of pyridine rings is 1. The number of nitrogens with one attached hydrogen (secondary N) is 1. The molecule has 2 aliphatic rings. The minimum Gasteiger partial charge on any atom is -0.470 e. The highest BCUT2D eigenvalue weighted by atomic mass is 32.2. The van der Waals surface area contributed by atoms with Gasteiger partial charge in [0.1, 0.15) is 24.0 Å². The highest BCUT2D eigenvalue weighted by molar-refractivity contribution is 7.98. The Balaban J connectivity index is 0.000000271. The molecule has 0 aliphatic carbocycles. The first-order valence-electron chi connectivity index (χ1n) is 11.2. The number of ether oxygens (including phenoxy) is 3. The van der Waals surface area contributed by atoms with Crippen molar-refractivity contribution < 1.29 is 23.7 Å². The normalized spacial score (nSPS) is 23.1. The van der Waals surface area contributed by atoms with Crippen molar-refractivity contribution in [1.29, 1.82) is 0 Å². The number of nitrogen functional groups attached to an aromatic ring is 1. The SMILES string of the molecule is CSc1ccccc1.Nc1ccc(-c2nc3cc(OC4CO[C@@H]5C(O)CO[C@H]45)[nH]c3cc2F)cc1. The molecule has 2 saturated heterocycles. The van der Waals surface area contributed by atoms with Crippen molar-refractivity contribution in [3.8, 4) is 17.1 Å². The van der Waals surface area contributed by atoms with Crippen LogP contribution in [0.2, 0.25) is 0 Å². The van der Waals surface area contributed by atoms with E-state index in [0.717, 1.165) is 0 Å². The maximum absolute atomic E-state index is 14.5. The fourth-order valence-corrected chi connectivity index (χ4v) is 4.61. The van der Waals surface area contributed by atoms with Crippen molar-refractivity contribution in [2.75, 3.05) is 25.2 Å². The molecule has 4 aromatic rings. The topological polar surface area (TPSA) is 103 Å². The molecule has 7 nitrogen and oxygen atoms in total. The van der Waals surface area contributed by atoms with Gasteiger partial charge in [-0.2, -0.15) is 0 Å². The lowest BCUT2D eigenvalue weighted by molar-refractivity contribution is 0.00794. The molecule has 2 aromatic carbocycles. The molecular formula is C26H26FN3O4S. The summed E-state index contributed by atoms with van der Waals surface area (Å²) in [6.07, 6.45) is 0.412. The fourth-order valence-electron chi connectivity index (χ4n) is 4.18. The first-order chi connectivity index (χ1) is 17.0. The second-order valence-corrected chi connectivity index (χ2v) is 9.22. The zero-order valence-corrected chi connectivity index (χ0v) is 19.9. The molecule has 0 spiro atoms. The summed E-state index contributed by atoms with van der Waals surface area (Å²) in [6.45, 7) is 0.555. The Morgan fingerprint density at radius 3 is 2.51 bits per heavy atom. The Kier molecular flexibility index (Phi) is 6.92. The van der Waals surface area contributed by atoms with E-state index in [9.17, 15) is 9.50 Å². The van der Waals surface area contributed by atoms with Gasteiger partial charge in [-0.05, 0) is 30.5 Å². The molecule has 4 atom stereocenters. The number of aliphatic hydroxyl groups is 1. The number of benzene rings is 2. The quantitative estimate of drug-likeness (QED) is 0.287. The van der Waals surface area contributed by atoms with Gasteiger partial charge >= 0.3 is 0 Å². The van der Waals surface area contributed by atoms with Gasteiger partial charge in [0.25, 0.3) is 0 Å². The van der Waals surface area contributed by atoms with Crippen LogP contribution in [-0.4, -0.2) is 59.0 Å². The first-order valence-corrected chi connectivity index (χ1v) is 12.5. The number of aromatic amines is 1. The second kappa shape index (κ2) is 10.2. The van der Waals surface area contributed by atoms with Gasteiger partial charge in [0, 0.05) is 28.3 Å². The molecule has 4 N–H and O–H groups in total. The van der Waals surface area contributed by atoms with Crippen molar-refractivity contribution in [3.05, 3.63) is 72.5 Å². The summed E-state index contributed by atoms with van der Waals surface area (Å²) in [7, 11) is 0. The molecule has 2 aromatic heterocycles. The van der Waals surface area contributed by atoms with Crippen molar-refractivity contribution >= 4 is 28.5 Å². The highest BCUT2D eigenvalue weighted by Gasteiger charge is 2.48. The average Bonchev–Trinajstić information content (AvgIpc) is 3.57. The molecular weight excluding hydrogens is 469 g/mol. The van der Waals surface area contributed by atoms with Gasteiger partial charge in [-0.15, -0.1) is 11.8 Å². The lowest BCUT2D eigenvalue weighted by Gasteiger charge is -2.16. The van der Waals surface area contributed by atoms with Gasteiger partial charge in [0.05, 0.1) is 24.2 Å². The molecule has 6 rings (SSSR count). The third kappa shape index (κ3) is 5.13. The van der Waals surface area contributed by atoms with E-state index < -0.39 is 11.9 Å². The first kappa shape index (κ1) is 23.6. The van der Waals surface area contributed by atoms with Crippen LogP contribution < -0.4 is 10.5 Å². The summed E-state index contributed by atoms with van der Waals surface area (Å²) < 4.78 is 31.6. The number of thioether (sulfide) groups is 1. The molecule has 0 radical (unpaired) electrons. The number of nitrogens with zero attached hydrogens (tertiary/aromatic N) is 1. The Labute approximate surface area is 206 Å². The molecule has 2 fully saturated rings. The number of hydrogen-bond acceptors (Lipinski definition) is 7. The van der Waals surface area contributed by atoms with Crippen LogP contribution in [0.4, 0.5) is 10.1 Å². The fraction of sp³-hybridized carbons (Fsp3) is 0.269. The maximum atomic E-state index is 14.5. The Bertz CT molecular complexity index is 1290. The second-order valence-electron chi connectivity index (χ2n) is 8.34. The molecule has 182 valence electrons. The van der Waals surface area contributed by atoms with Crippen LogP contribution in [0.1, 0.15) is 0 Å². The van der Waals surface area contributed by atoms with Gasteiger partial charge < -0.3 is 30.0 Å². The Morgan fingerprint density at radius 2 is 1.80 bits per heavy atom. The number of anilines is 1. The number of fused-ring (bicyclic) bond motifs is 2. The van der Waals surface area contributed by atoms with Gasteiger partial charge in [-0.25, -0.2) is 9.37 Å². The van der Waals surface area contributed by atoms with Crippen molar-refractivity contribution in [2.45, 2.75) is 29.3 Å². The minimum absolute atomic E-state index is 0.236. The monoisotopic (exact) mass is 495 g/mol. The van der Waals surface area contributed by atoms with E-state index in [1.165, 1.54) is 11.0 Å². The Morgan fingerprint density at radius 1 is 1.06 bits per heavy atom. The molecule has 0 bridgehead atoms. The van der Waals surface area contributed by atoms with Gasteiger partial charge in [-0.1, -0.05) is 30.3 Å². The highest BCUT2D eigenvalue weighted by Crippen LogP contribution is 2.32. The van der Waals surface area contributed by atoms with Crippen molar-refractivity contribution in [3.63, 3.8) is 0 Å². The van der Waals surface area contributed by atoms with Gasteiger partial charge in [-0.3, -0.25) is 0 Å². The number of H-pyrrole nitrogens is 1. The van der Waals surface area contributed by atoms with Gasteiger partial charge in [0.2, 0.25) is 0 Å². The summed E-state index contributed by atoms with van der Waals surface area (Å²) in [5.74, 6) is 0.0118. The van der Waals surface area contributed by atoms with E-state index in [0.29, 0.717) is 34.8 Å². The largest absolute Gasteiger partial charge is 0.470 e. The Hall–Kier alpha value is -3.11. The summed E-state index contributed by atoms with van der Waals surface area (Å²) in [4.78, 5) is 8.77. The molecule has 0 saturated carbocycles. The van der Waals surface area contributed by atoms with E-state index >= 15 is 0 Å². The van der Waals surface area contributed by atoms with E-state index in [1.54, 1.807) is 42.1 Å². The molecule has 2 aliphatic heterocycles. The summed E-state index contributed by atoms with van der Waals surface area (Å²) in [6, 6.07) is 20.3. The zero-order chi connectivity index (χ0) is 24.4. The predicted octanol–water partition coefficient (Wildman–Crippen LogP) is 4.27. The molecule has 9 heteroatoms. The number of rotatable bonds is 4. The molecule has 4 heterocycles. The van der Waals surface area contributed by atoms with E-state index in [4.69, 9.17) is 19.9 Å². The number of hydrogen-bond donors (Lipinski definition) is 3. The van der Waals surface area contributed by atoms with Crippen LogP contribution in [0.5, 0.6) is 5.88 Å². The molecule has 35 heavy (non-hydrogen) atoms. The smallest absolute Gasteiger partial charge is 0.193 e. The van der Waals surface area contributed by atoms with Crippen LogP contribution in [0.3, 0.4) is 0 Å². The molecule has 0 amide bonds. The minimum atomic E-state index is -0.635. The maximum Gasteiger partial charge on any atom is 0.193 e. The summed E-state index contributed by atoms with van der Waals surface area (Å²) in [5.41, 5.74) is 8.31. The van der Waals surface area contributed by atoms with Gasteiger partial charge in [0.15, 0.2) is 17.8 Å². The zero-order valence-electron chi connectivity index (χ0n) is 19.1. The third-order valence-corrected chi connectivity index (χ3v) is 6.70. The van der Waals surface area contributed by atoms with Crippen LogP contribution in [0.25, 0.3) is 22.3 Å². The van der Waals surface area contributed by atoms with Crippen LogP contribution in [-0.2, 0) is 9.47 Å². The van der Waals surface area contributed by atoms with Crippen LogP contribution in [0.15, 0.2) is 71.6 Å². The lowest BCUT2D eigenvalue weighted by Crippen LogP contribution is -2.34. The van der Waals surface area contributed by atoms with E-state index in [1.807, 2.05) is 18.2 Å². The number of nitrogens with two attached hydrogens (primary N) is 1. The van der Waals surface area contributed by atoms with E-state index in [-0.39, 0.29) is 30.6 Å².